The minimum absolute atomic E-state index is 0.949. The molecule has 0 aromatic heterocycles. The molecule has 0 fully saturated rings. The monoisotopic (exact) mass is 107 g/mol. The van der Waals surface area contributed by atoms with Crippen molar-refractivity contribution in [1.82, 2.24) is 0 Å². The van der Waals surface area contributed by atoms with E-state index in [1.165, 1.54) is 0 Å². The number of carboxylic acid groups (broad SMARTS) is 1. The predicted octanol–water partition coefficient (Wildman–Crippen LogP) is -0.599. The van der Waals surface area contributed by atoms with E-state index in [1.807, 2.05) is 0 Å². The minimum Gasteiger partial charge on any atom is -0.479 e. The van der Waals surface area contributed by atoms with Crippen LogP contribution in [0.15, 0.2) is 0 Å². The van der Waals surface area contributed by atoms with Gasteiger partial charge in [0.05, 0.1) is 6.61 Å². The molecule has 0 aliphatic carbocycles. The zero-order valence-corrected chi connectivity index (χ0v) is 3.47. The van der Waals surface area contributed by atoms with Crippen LogP contribution in [0.2, 0.25) is 0 Å². The fourth-order valence-corrected chi connectivity index (χ4v) is 0.0781. The van der Waals surface area contributed by atoms with E-state index in [4.69, 9.17) is 10.2 Å². The van der Waals surface area contributed by atoms with E-state index in [9.17, 15) is 9.18 Å². The zero-order chi connectivity index (χ0) is 5.86. The summed E-state index contributed by atoms with van der Waals surface area (Å²) < 4.78 is 11.4. The fourth-order valence-electron chi connectivity index (χ4n) is 0.0781. The largest absolute Gasteiger partial charge is 0.479 e. The van der Waals surface area contributed by atoms with Gasteiger partial charge < -0.3 is 10.2 Å². The van der Waals surface area contributed by atoms with Gasteiger partial charge in [0.1, 0.15) is 0 Å². The van der Waals surface area contributed by atoms with Crippen LogP contribution in [-0.4, -0.2) is 29.0 Å². The van der Waals surface area contributed by atoms with Gasteiger partial charge in [-0.05, 0) is 0 Å². The first-order chi connectivity index (χ1) is 3.18. The van der Waals surface area contributed by atoms with Gasteiger partial charge in [-0.3, -0.25) is 0 Å². The van der Waals surface area contributed by atoms with Gasteiger partial charge >= 0.3 is 5.97 Å². The van der Waals surface area contributed by atoms with Gasteiger partial charge in [0, 0.05) is 0 Å². The number of carboxylic acids is 1. The van der Waals surface area contributed by atoms with Crippen LogP contribution in [0.3, 0.4) is 0 Å². The fraction of sp³-hybridized carbons (Fsp3) is 0.667. The Kier molecular flexibility index (Phi) is 2.29. The normalized spacial score (nSPS) is 13.4. The second-order valence-electron chi connectivity index (χ2n) is 0.988. The molecule has 0 heterocycles. The molecule has 0 rings (SSSR count). The molecule has 4 heteroatoms. The van der Waals surface area contributed by atoms with Crippen LogP contribution in [0.1, 0.15) is 0 Å². The molecule has 0 saturated heterocycles. The maximum absolute atomic E-state index is 11.4. The number of hydrogen-bond acceptors (Lipinski definition) is 2. The van der Waals surface area contributed by atoms with Gasteiger partial charge in [-0.15, -0.1) is 0 Å². The summed E-state index contributed by atoms with van der Waals surface area (Å²) in [6.07, 6.45) is -2.12. The van der Waals surface area contributed by atoms with Crippen LogP contribution < -0.4 is 0 Å². The number of carbonyl (C=O) groups is 1. The molecule has 3 nitrogen and oxygen atoms in total. The van der Waals surface area contributed by atoms with E-state index >= 15 is 0 Å². The molecule has 0 aliphatic heterocycles. The van der Waals surface area contributed by atoms with Gasteiger partial charge in [0.25, 0.3) is 0 Å². The summed E-state index contributed by atoms with van der Waals surface area (Å²) in [7, 11) is 0. The van der Waals surface area contributed by atoms with Crippen LogP contribution in [-0.2, 0) is 4.79 Å². The lowest BCUT2D eigenvalue weighted by Crippen LogP contribution is -2.17. The summed E-state index contributed by atoms with van der Waals surface area (Å²) in [4.78, 5) is 9.40. The van der Waals surface area contributed by atoms with Crippen molar-refractivity contribution in [2.75, 3.05) is 6.61 Å². The van der Waals surface area contributed by atoms with E-state index in [-0.39, 0.29) is 0 Å². The van der Waals surface area contributed by atoms with Crippen molar-refractivity contribution in [2.24, 2.45) is 0 Å². The van der Waals surface area contributed by atoms with Crippen LogP contribution in [0.25, 0.3) is 0 Å². The average Bonchev–Trinajstić information content (AvgIpc) is 1.65. The molecular weight excluding hydrogens is 102 g/mol. The Morgan fingerprint density at radius 2 is 2.29 bits per heavy atom. The maximum Gasteiger partial charge on any atom is 0.340 e. The average molecular weight is 107 g/mol. The van der Waals surface area contributed by atoms with Crippen LogP contribution in [0.4, 0.5) is 4.39 Å². The van der Waals surface area contributed by atoms with Gasteiger partial charge in [0.15, 0.2) is 0 Å². The zero-order valence-electron chi connectivity index (χ0n) is 3.47. The molecule has 0 aromatic rings. The molecule has 42 valence electrons. The van der Waals surface area contributed by atoms with Crippen molar-refractivity contribution in [3.8, 4) is 0 Å². The molecule has 7 heavy (non-hydrogen) atoms. The lowest BCUT2D eigenvalue weighted by molar-refractivity contribution is -0.144. The molecule has 2 N–H and O–H groups in total. The third-order valence-electron chi connectivity index (χ3n) is 0.428. The van der Waals surface area contributed by atoms with Crippen molar-refractivity contribution in [1.29, 1.82) is 0 Å². The van der Waals surface area contributed by atoms with E-state index in [0.717, 1.165) is 0 Å². The molecule has 0 radical (unpaired) electrons. The Morgan fingerprint density at radius 1 is 1.86 bits per heavy atom. The highest BCUT2D eigenvalue weighted by atomic mass is 18.2. The number of aliphatic hydroxyl groups is 1. The van der Waals surface area contributed by atoms with Crippen LogP contribution in [0.5, 0.6) is 0 Å². The highest BCUT2D eigenvalue weighted by Gasteiger charge is 2.11. The molecule has 0 amide bonds. The van der Waals surface area contributed by atoms with Crippen LogP contribution in [0, 0.1) is 0 Å². The molecule has 0 aliphatic rings. The minimum atomic E-state index is -2.12. The van der Waals surface area contributed by atoms with Crippen molar-refractivity contribution < 1.29 is 19.4 Å². The number of rotatable bonds is 2. The Labute approximate surface area is 39.4 Å². The second-order valence-corrected chi connectivity index (χ2v) is 0.988. The van der Waals surface area contributed by atoms with Crippen molar-refractivity contribution in [3.05, 3.63) is 0 Å². The first-order valence-electron chi connectivity index (χ1n) is 1.66. The molecule has 0 spiro atoms. The Bertz CT molecular complexity index is 72.6. The number of aliphatic hydroxyl groups excluding tert-OH is 1. The second kappa shape index (κ2) is 2.52. The van der Waals surface area contributed by atoms with E-state index in [1.54, 1.807) is 0 Å². The van der Waals surface area contributed by atoms with E-state index < -0.39 is 18.7 Å². The Balaban J connectivity index is 3.34. The summed E-state index contributed by atoms with van der Waals surface area (Å²) in [5, 5.41) is 15.4. The molecule has 0 bridgehead atoms. The Morgan fingerprint density at radius 3 is 2.29 bits per heavy atom. The highest BCUT2D eigenvalue weighted by Crippen LogP contribution is 1.85. The molecule has 0 aromatic carbocycles. The third kappa shape index (κ3) is 2.11. The first kappa shape index (κ1) is 6.36. The van der Waals surface area contributed by atoms with Crippen molar-refractivity contribution in [3.63, 3.8) is 0 Å². The van der Waals surface area contributed by atoms with Crippen molar-refractivity contribution >= 4 is 5.97 Å². The van der Waals surface area contributed by atoms with E-state index in [2.05, 4.69) is 0 Å². The van der Waals surface area contributed by atoms with Crippen molar-refractivity contribution in [2.45, 2.75) is 6.17 Å². The molecule has 1 atom stereocenters. The molecular formula is C3H5FO3. The van der Waals surface area contributed by atoms with E-state index in [0.29, 0.717) is 0 Å². The van der Waals surface area contributed by atoms with Gasteiger partial charge in [0.2, 0.25) is 6.17 Å². The quantitative estimate of drug-likeness (QED) is 0.495. The number of hydrogen-bond donors (Lipinski definition) is 2. The van der Waals surface area contributed by atoms with Crippen LogP contribution >= 0.6 is 0 Å². The molecule has 0 saturated carbocycles. The summed E-state index contributed by atoms with van der Waals surface area (Å²) in [6, 6.07) is 0. The summed E-state index contributed by atoms with van der Waals surface area (Å²) in [5.74, 6) is -1.62. The highest BCUT2D eigenvalue weighted by molar-refractivity contribution is 5.72. The summed E-state index contributed by atoms with van der Waals surface area (Å²) in [5.41, 5.74) is 0. The number of alkyl halides is 1. The van der Waals surface area contributed by atoms with Gasteiger partial charge in [-0.1, -0.05) is 0 Å². The molecule has 1 unspecified atom stereocenters. The number of halogens is 1. The predicted molar refractivity (Wildman–Crippen MR) is 19.6 cm³/mol. The maximum atomic E-state index is 11.4. The number of aliphatic carboxylic acids is 1. The standard InChI is InChI=1S/C3H5FO3/c4-2(1-5)3(6)7/h2,5H,1H2,(H,6,7)/i4-1. The lowest BCUT2D eigenvalue weighted by Gasteiger charge is -1.91. The summed E-state index contributed by atoms with van der Waals surface area (Å²) in [6.45, 7) is -0.949. The topological polar surface area (TPSA) is 57.5 Å². The first-order valence-corrected chi connectivity index (χ1v) is 1.66. The summed E-state index contributed by atoms with van der Waals surface area (Å²) >= 11 is 0. The Hall–Kier alpha value is -0.640. The smallest absolute Gasteiger partial charge is 0.340 e. The lowest BCUT2D eigenvalue weighted by atomic mass is 10.4. The third-order valence-corrected chi connectivity index (χ3v) is 0.428. The van der Waals surface area contributed by atoms with Gasteiger partial charge in [-0.25, -0.2) is 9.18 Å². The SMILES string of the molecule is O=C(O)C([18F])CO. The van der Waals surface area contributed by atoms with Gasteiger partial charge in [-0.2, -0.15) is 0 Å².